The summed E-state index contributed by atoms with van der Waals surface area (Å²) in [5.74, 6) is 0.250. The standard InChI is InChI=1S/C11H14BrCl2NO2S/c1-2-11(7-13,8-14)15-18(16,17)10-5-3-4-9(12)6-10/h3-6,15H,2,7-8H2,1H3. The van der Waals surface area contributed by atoms with Crippen molar-refractivity contribution in [3.8, 4) is 0 Å². The molecular formula is C11H14BrCl2NO2S. The number of nitrogens with one attached hydrogen (secondary N) is 1. The fourth-order valence-electron chi connectivity index (χ4n) is 1.33. The third-order valence-corrected chi connectivity index (χ3v) is 5.74. The summed E-state index contributed by atoms with van der Waals surface area (Å²) in [6.07, 6.45) is 0.521. The molecule has 0 unspecified atom stereocenters. The molecule has 0 saturated heterocycles. The average Bonchev–Trinajstić information content (AvgIpc) is 2.36. The summed E-state index contributed by atoms with van der Waals surface area (Å²) in [4.78, 5) is 0.185. The highest BCUT2D eigenvalue weighted by Crippen LogP contribution is 2.21. The van der Waals surface area contributed by atoms with E-state index in [0.717, 1.165) is 0 Å². The minimum Gasteiger partial charge on any atom is -0.207 e. The quantitative estimate of drug-likeness (QED) is 0.776. The van der Waals surface area contributed by atoms with Gasteiger partial charge in [0.05, 0.1) is 10.4 Å². The van der Waals surface area contributed by atoms with E-state index in [9.17, 15) is 8.42 Å². The van der Waals surface area contributed by atoms with E-state index in [1.54, 1.807) is 12.1 Å². The number of hydrogen-bond acceptors (Lipinski definition) is 2. The van der Waals surface area contributed by atoms with Gasteiger partial charge in [-0.25, -0.2) is 13.1 Å². The second-order valence-corrected chi connectivity index (χ2v) is 7.10. The van der Waals surface area contributed by atoms with Gasteiger partial charge in [0.25, 0.3) is 0 Å². The number of alkyl halides is 2. The number of benzene rings is 1. The molecule has 0 saturated carbocycles. The van der Waals surface area contributed by atoms with Gasteiger partial charge in [0, 0.05) is 16.2 Å². The average molecular weight is 375 g/mol. The molecule has 0 amide bonds. The Labute approximate surface area is 126 Å². The van der Waals surface area contributed by atoms with Crippen molar-refractivity contribution >= 4 is 49.2 Å². The van der Waals surface area contributed by atoms with Crippen molar-refractivity contribution < 1.29 is 8.42 Å². The fraction of sp³-hybridized carbons (Fsp3) is 0.455. The first-order valence-corrected chi connectivity index (χ1v) is 8.65. The summed E-state index contributed by atoms with van der Waals surface area (Å²) < 4.78 is 27.7. The zero-order valence-electron chi connectivity index (χ0n) is 9.79. The molecule has 0 aromatic heterocycles. The van der Waals surface area contributed by atoms with Gasteiger partial charge in [-0.2, -0.15) is 0 Å². The van der Waals surface area contributed by atoms with E-state index in [2.05, 4.69) is 20.7 Å². The fourth-order valence-corrected chi connectivity index (χ4v) is 4.35. The molecular weight excluding hydrogens is 361 g/mol. The molecule has 0 radical (unpaired) electrons. The van der Waals surface area contributed by atoms with Crippen LogP contribution < -0.4 is 4.72 Å². The minimum absolute atomic E-state index is 0.125. The normalized spacial score (nSPS) is 12.7. The van der Waals surface area contributed by atoms with Crippen LogP contribution in [-0.4, -0.2) is 25.7 Å². The van der Waals surface area contributed by atoms with Crippen LogP contribution in [0.25, 0.3) is 0 Å². The third kappa shape index (κ3) is 3.84. The molecule has 0 aliphatic heterocycles. The van der Waals surface area contributed by atoms with Gasteiger partial charge in [0.2, 0.25) is 10.0 Å². The molecule has 0 atom stereocenters. The minimum atomic E-state index is -3.63. The van der Waals surface area contributed by atoms with E-state index in [0.29, 0.717) is 10.9 Å². The first-order chi connectivity index (χ1) is 8.39. The van der Waals surface area contributed by atoms with Crippen LogP contribution in [0.15, 0.2) is 33.6 Å². The lowest BCUT2D eigenvalue weighted by Crippen LogP contribution is -2.51. The summed E-state index contributed by atoms with van der Waals surface area (Å²) in [6.45, 7) is 1.84. The molecule has 0 aliphatic rings. The predicted octanol–water partition coefficient (Wildman–Crippen LogP) is 3.35. The summed E-state index contributed by atoms with van der Waals surface area (Å²) in [6, 6.07) is 6.48. The van der Waals surface area contributed by atoms with Crippen LogP contribution in [0, 0.1) is 0 Å². The van der Waals surface area contributed by atoms with Crippen LogP contribution in [0.2, 0.25) is 0 Å². The molecule has 7 heteroatoms. The number of rotatable bonds is 6. The summed E-state index contributed by atoms with van der Waals surface area (Å²) in [5.41, 5.74) is -0.815. The highest BCUT2D eigenvalue weighted by Gasteiger charge is 2.32. The topological polar surface area (TPSA) is 46.2 Å². The van der Waals surface area contributed by atoms with Gasteiger partial charge in [0.1, 0.15) is 0 Å². The van der Waals surface area contributed by atoms with Crippen LogP contribution in [0.5, 0.6) is 0 Å². The van der Waals surface area contributed by atoms with Crippen LogP contribution in [-0.2, 0) is 10.0 Å². The maximum Gasteiger partial charge on any atom is 0.241 e. The summed E-state index contributed by atoms with van der Waals surface area (Å²) >= 11 is 14.9. The SMILES string of the molecule is CCC(CCl)(CCl)NS(=O)(=O)c1cccc(Br)c1. The van der Waals surface area contributed by atoms with Gasteiger partial charge >= 0.3 is 0 Å². The van der Waals surface area contributed by atoms with Gasteiger partial charge < -0.3 is 0 Å². The van der Waals surface area contributed by atoms with Crippen LogP contribution in [0.4, 0.5) is 0 Å². The van der Waals surface area contributed by atoms with Crippen molar-refractivity contribution in [1.82, 2.24) is 4.72 Å². The van der Waals surface area contributed by atoms with E-state index >= 15 is 0 Å². The molecule has 102 valence electrons. The highest BCUT2D eigenvalue weighted by molar-refractivity contribution is 9.10. The first-order valence-electron chi connectivity index (χ1n) is 5.30. The van der Waals surface area contributed by atoms with Crippen molar-refractivity contribution in [1.29, 1.82) is 0 Å². The summed E-state index contributed by atoms with van der Waals surface area (Å²) in [7, 11) is -3.63. The Bertz CT molecular complexity index is 495. The second kappa shape index (κ2) is 6.57. The lowest BCUT2D eigenvalue weighted by molar-refractivity contribution is 0.449. The Kier molecular flexibility index (Phi) is 5.93. The third-order valence-electron chi connectivity index (χ3n) is 2.65. The van der Waals surface area contributed by atoms with Crippen molar-refractivity contribution in [3.05, 3.63) is 28.7 Å². The van der Waals surface area contributed by atoms with Gasteiger partial charge in [0.15, 0.2) is 0 Å². The van der Waals surface area contributed by atoms with E-state index in [-0.39, 0.29) is 16.7 Å². The van der Waals surface area contributed by atoms with Crippen LogP contribution in [0.1, 0.15) is 13.3 Å². The Hall–Kier alpha value is 0.190. The molecule has 0 aliphatic carbocycles. The molecule has 0 bridgehead atoms. The van der Waals surface area contributed by atoms with Gasteiger partial charge in [-0.1, -0.05) is 28.9 Å². The van der Waals surface area contributed by atoms with E-state index in [4.69, 9.17) is 23.2 Å². The molecule has 0 spiro atoms. The van der Waals surface area contributed by atoms with E-state index in [1.165, 1.54) is 12.1 Å². The molecule has 0 heterocycles. The van der Waals surface area contributed by atoms with Crippen LogP contribution >= 0.6 is 39.1 Å². The lowest BCUT2D eigenvalue weighted by atomic mass is 10.0. The molecule has 1 rings (SSSR count). The first kappa shape index (κ1) is 16.2. The van der Waals surface area contributed by atoms with Crippen molar-refractivity contribution in [2.45, 2.75) is 23.8 Å². The molecule has 1 aromatic carbocycles. The Morgan fingerprint density at radius 3 is 2.39 bits per heavy atom. The Morgan fingerprint density at radius 1 is 1.33 bits per heavy atom. The Morgan fingerprint density at radius 2 is 1.94 bits per heavy atom. The molecule has 3 nitrogen and oxygen atoms in total. The summed E-state index contributed by atoms with van der Waals surface area (Å²) in [5, 5.41) is 0. The van der Waals surface area contributed by atoms with Gasteiger partial charge in [-0.05, 0) is 24.6 Å². The monoisotopic (exact) mass is 373 g/mol. The maximum atomic E-state index is 12.2. The number of sulfonamides is 1. The molecule has 1 N–H and O–H groups in total. The van der Waals surface area contributed by atoms with Crippen LogP contribution in [0.3, 0.4) is 0 Å². The maximum absolute atomic E-state index is 12.2. The second-order valence-electron chi connectivity index (χ2n) is 3.96. The van der Waals surface area contributed by atoms with Crippen molar-refractivity contribution in [3.63, 3.8) is 0 Å². The lowest BCUT2D eigenvalue weighted by Gasteiger charge is -2.29. The van der Waals surface area contributed by atoms with E-state index in [1.807, 2.05) is 6.92 Å². The van der Waals surface area contributed by atoms with Crippen molar-refractivity contribution in [2.75, 3.05) is 11.8 Å². The molecule has 18 heavy (non-hydrogen) atoms. The number of halogens is 3. The van der Waals surface area contributed by atoms with Gasteiger partial charge in [-0.15, -0.1) is 23.2 Å². The van der Waals surface area contributed by atoms with Crippen molar-refractivity contribution in [2.24, 2.45) is 0 Å². The Balaban J connectivity index is 3.08. The largest absolute Gasteiger partial charge is 0.241 e. The number of hydrogen-bond donors (Lipinski definition) is 1. The van der Waals surface area contributed by atoms with E-state index < -0.39 is 15.6 Å². The predicted molar refractivity (Wildman–Crippen MR) is 78.9 cm³/mol. The smallest absolute Gasteiger partial charge is 0.207 e. The highest BCUT2D eigenvalue weighted by atomic mass is 79.9. The van der Waals surface area contributed by atoms with Gasteiger partial charge in [-0.3, -0.25) is 0 Å². The zero-order chi connectivity index (χ0) is 13.8. The molecule has 1 aromatic rings. The molecule has 0 fully saturated rings. The zero-order valence-corrected chi connectivity index (χ0v) is 13.7.